The summed E-state index contributed by atoms with van der Waals surface area (Å²) in [6.45, 7) is 0.607. The van der Waals surface area contributed by atoms with Crippen LogP contribution >= 0.6 is 11.8 Å². The molecule has 0 N–H and O–H groups in total. The summed E-state index contributed by atoms with van der Waals surface area (Å²) in [7, 11) is 1.60. The number of benzene rings is 2. The van der Waals surface area contributed by atoms with E-state index in [0.29, 0.717) is 6.54 Å². The van der Waals surface area contributed by atoms with Gasteiger partial charge in [0.2, 0.25) is 5.91 Å². The van der Waals surface area contributed by atoms with E-state index in [2.05, 4.69) is 0 Å². The zero-order valence-electron chi connectivity index (χ0n) is 13.6. The average Bonchev–Trinajstić information content (AvgIpc) is 3.12. The van der Waals surface area contributed by atoms with Crippen LogP contribution in [0.2, 0.25) is 0 Å². The molecule has 3 rings (SSSR count). The van der Waals surface area contributed by atoms with Crippen molar-refractivity contribution in [2.45, 2.75) is 5.37 Å². The van der Waals surface area contributed by atoms with Crippen LogP contribution in [0, 0.1) is 11.6 Å². The molecular weight excluding hydrogens is 344 g/mol. The van der Waals surface area contributed by atoms with E-state index in [0.717, 1.165) is 35.3 Å². The minimum atomic E-state index is -0.562. The number of carbonyl (C=O) groups excluding carboxylic acids is 1. The Morgan fingerprint density at radius 3 is 2.72 bits per heavy atom. The monoisotopic (exact) mass is 361 g/mol. The number of carbonyl (C=O) groups is 1. The number of thioether (sulfide) groups is 1. The third kappa shape index (κ3) is 4.02. The van der Waals surface area contributed by atoms with Gasteiger partial charge in [0.25, 0.3) is 0 Å². The lowest BCUT2D eigenvalue weighted by Gasteiger charge is -2.23. The van der Waals surface area contributed by atoms with E-state index in [1.807, 2.05) is 24.3 Å². The Morgan fingerprint density at radius 2 is 2.00 bits per heavy atom. The van der Waals surface area contributed by atoms with Crippen molar-refractivity contribution < 1.29 is 18.3 Å². The topological polar surface area (TPSA) is 29.5 Å². The van der Waals surface area contributed by atoms with Gasteiger partial charge in [-0.3, -0.25) is 4.79 Å². The van der Waals surface area contributed by atoms with Crippen molar-refractivity contribution in [1.29, 1.82) is 0 Å². The van der Waals surface area contributed by atoms with Crippen molar-refractivity contribution in [3.63, 3.8) is 0 Å². The van der Waals surface area contributed by atoms with Gasteiger partial charge in [0.1, 0.15) is 22.8 Å². The fourth-order valence-corrected chi connectivity index (χ4v) is 3.90. The molecule has 0 saturated carbocycles. The van der Waals surface area contributed by atoms with E-state index < -0.39 is 11.6 Å². The average molecular weight is 361 g/mol. The van der Waals surface area contributed by atoms with Crippen LogP contribution in [0.15, 0.2) is 48.5 Å². The van der Waals surface area contributed by atoms with Gasteiger partial charge in [-0.2, -0.15) is 0 Å². The van der Waals surface area contributed by atoms with Crippen molar-refractivity contribution in [2.75, 3.05) is 19.4 Å². The van der Waals surface area contributed by atoms with Crippen LogP contribution in [-0.4, -0.2) is 30.2 Å². The third-order valence-corrected chi connectivity index (χ3v) is 5.20. The second-order valence-corrected chi connectivity index (χ2v) is 6.72. The van der Waals surface area contributed by atoms with Crippen molar-refractivity contribution in [1.82, 2.24) is 4.90 Å². The molecule has 2 aromatic rings. The summed E-state index contributed by atoms with van der Waals surface area (Å²) in [5.74, 6) is 0.250. The number of amides is 1. The Bertz CT molecular complexity index is 793. The summed E-state index contributed by atoms with van der Waals surface area (Å²) in [4.78, 5) is 14.2. The van der Waals surface area contributed by atoms with Crippen LogP contribution in [0.5, 0.6) is 5.75 Å². The fraction of sp³-hybridized carbons (Fsp3) is 0.211. The van der Waals surface area contributed by atoms with E-state index in [-0.39, 0.29) is 16.8 Å². The summed E-state index contributed by atoms with van der Waals surface area (Å²) in [5, 5.41) is -0.0968. The number of halogens is 2. The number of methoxy groups -OCH3 is 1. The maximum Gasteiger partial charge on any atom is 0.247 e. The lowest BCUT2D eigenvalue weighted by Crippen LogP contribution is -2.28. The zero-order valence-corrected chi connectivity index (χ0v) is 14.4. The Kier molecular flexibility index (Phi) is 5.38. The highest BCUT2D eigenvalue weighted by Crippen LogP contribution is 2.38. The molecule has 25 heavy (non-hydrogen) atoms. The second-order valence-electron chi connectivity index (χ2n) is 5.53. The first-order chi connectivity index (χ1) is 12.1. The number of nitrogens with zero attached hydrogens (tertiary/aromatic N) is 1. The largest absolute Gasteiger partial charge is 0.497 e. The van der Waals surface area contributed by atoms with Gasteiger partial charge in [-0.25, -0.2) is 8.78 Å². The molecular formula is C19H17F2NO2S. The summed E-state index contributed by atoms with van der Waals surface area (Å²) in [6.07, 6.45) is 2.61. The molecule has 130 valence electrons. The Morgan fingerprint density at radius 1 is 1.24 bits per heavy atom. The first-order valence-electron chi connectivity index (χ1n) is 7.78. The zero-order chi connectivity index (χ0) is 17.8. The van der Waals surface area contributed by atoms with Crippen LogP contribution in [0.3, 0.4) is 0 Å². The first-order valence-corrected chi connectivity index (χ1v) is 8.82. The molecule has 0 spiro atoms. The molecule has 1 saturated heterocycles. The predicted octanol–water partition coefficient (Wildman–Crippen LogP) is 4.26. The van der Waals surface area contributed by atoms with E-state index in [1.54, 1.807) is 23.8 Å². The Hall–Kier alpha value is -2.34. The number of rotatable bonds is 4. The van der Waals surface area contributed by atoms with Gasteiger partial charge in [-0.05, 0) is 42.0 Å². The van der Waals surface area contributed by atoms with Gasteiger partial charge >= 0.3 is 0 Å². The molecule has 1 fully saturated rings. The smallest absolute Gasteiger partial charge is 0.247 e. The predicted molar refractivity (Wildman–Crippen MR) is 95.3 cm³/mol. The van der Waals surface area contributed by atoms with Crippen LogP contribution in [-0.2, 0) is 4.79 Å². The molecule has 0 aromatic heterocycles. The lowest BCUT2D eigenvalue weighted by atomic mass is 10.1. The van der Waals surface area contributed by atoms with Crippen molar-refractivity contribution >= 4 is 23.7 Å². The Labute approximate surface area is 149 Å². The number of ether oxygens (including phenoxy) is 1. The molecule has 6 heteroatoms. The third-order valence-electron chi connectivity index (χ3n) is 3.94. The SMILES string of the molecule is COc1ccc(C2SCCN2C(=O)/C=C/c2cc(F)ccc2F)cc1. The van der Waals surface area contributed by atoms with Gasteiger partial charge in [-0.15, -0.1) is 11.8 Å². The summed E-state index contributed by atoms with van der Waals surface area (Å²) >= 11 is 1.67. The maximum atomic E-state index is 13.7. The van der Waals surface area contributed by atoms with Gasteiger partial charge in [-0.1, -0.05) is 12.1 Å². The molecule has 3 nitrogen and oxygen atoms in total. The quantitative estimate of drug-likeness (QED) is 0.762. The molecule has 1 amide bonds. The lowest BCUT2D eigenvalue weighted by molar-refractivity contribution is -0.126. The van der Waals surface area contributed by atoms with E-state index in [4.69, 9.17) is 4.74 Å². The molecule has 1 heterocycles. The maximum absolute atomic E-state index is 13.7. The summed E-state index contributed by atoms with van der Waals surface area (Å²) in [5.41, 5.74) is 1.06. The molecule has 1 aliphatic rings. The molecule has 2 aromatic carbocycles. The normalized spacial score (nSPS) is 17.2. The molecule has 0 radical (unpaired) electrons. The van der Waals surface area contributed by atoms with Crippen molar-refractivity contribution in [3.8, 4) is 5.75 Å². The van der Waals surface area contributed by atoms with E-state index in [1.165, 1.54) is 12.2 Å². The van der Waals surface area contributed by atoms with Gasteiger partial charge in [0.05, 0.1) is 7.11 Å². The number of hydrogen-bond acceptors (Lipinski definition) is 3. The molecule has 1 atom stereocenters. The molecule has 0 aliphatic carbocycles. The van der Waals surface area contributed by atoms with Crippen LogP contribution in [0.4, 0.5) is 8.78 Å². The van der Waals surface area contributed by atoms with Crippen molar-refractivity contribution in [2.24, 2.45) is 0 Å². The minimum Gasteiger partial charge on any atom is -0.497 e. The van der Waals surface area contributed by atoms with Gasteiger partial charge in [0, 0.05) is 23.9 Å². The van der Waals surface area contributed by atoms with E-state index >= 15 is 0 Å². The molecule has 0 bridgehead atoms. The van der Waals surface area contributed by atoms with E-state index in [9.17, 15) is 13.6 Å². The van der Waals surface area contributed by atoms with Gasteiger partial charge < -0.3 is 9.64 Å². The first kappa shape index (κ1) is 17.5. The fourth-order valence-electron chi connectivity index (χ4n) is 2.64. The van der Waals surface area contributed by atoms with Gasteiger partial charge in [0.15, 0.2) is 0 Å². The number of hydrogen-bond donors (Lipinski definition) is 0. The Balaban J connectivity index is 1.76. The van der Waals surface area contributed by atoms with Crippen LogP contribution in [0.25, 0.3) is 6.08 Å². The van der Waals surface area contributed by atoms with Crippen LogP contribution < -0.4 is 4.74 Å². The highest BCUT2D eigenvalue weighted by Gasteiger charge is 2.29. The second kappa shape index (κ2) is 7.70. The molecule has 1 unspecified atom stereocenters. The summed E-state index contributed by atoms with van der Waals surface area (Å²) < 4.78 is 32.0. The standard InChI is InChI=1S/C19H17F2NO2S/c1-24-16-6-2-13(3-7-16)19-22(10-11-25-19)18(23)9-4-14-12-15(20)5-8-17(14)21/h2-9,12,19H,10-11H2,1H3/b9-4+. The van der Waals surface area contributed by atoms with Crippen LogP contribution in [0.1, 0.15) is 16.5 Å². The highest BCUT2D eigenvalue weighted by molar-refractivity contribution is 7.99. The highest BCUT2D eigenvalue weighted by atomic mass is 32.2. The summed E-state index contributed by atoms with van der Waals surface area (Å²) in [6, 6.07) is 10.7. The molecule has 1 aliphatic heterocycles. The minimum absolute atomic E-state index is 0.0567. The van der Waals surface area contributed by atoms with Crippen molar-refractivity contribution in [3.05, 3.63) is 71.3 Å².